The number of phenols is 1. The van der Waals surface area contributed by atoms with Gasteiger partial charge in [-0.1, -0.05) is 30.7 Å². The van der Waals surface area contributed by atoms with Gasteiger partial charge in [-0.3, -0.25) is 9.69 Å². The van der Waals surface area contributed by atoms with E-state index in [1.807, 2.05) is 0 Å². The second-order valence-electron chi connectivity index (χ2n) is 7.41. The van der Waals surface area contributed by atoms with Gasteiger partial charge < -0.3 is 9.52 Å². The Balaban J connectivity index is 1.77. The maximum atomic E-state index is 13.0. The van der Waals surface area contributed by atoms with Crippen molar-refractivity contribution in [3.05, 3.63) is 63.5 Å². The summed E-state index contributed by atoms with van der Waals surface area (Å²) in [5.74, 6) is 0.808. The number of halogens is 1. The lowest BCUT2D eigenvalue weighted by Gasteiger charge is -2.31. The SMILES string of the molecule is C[C@@H]1CCCN(Cc2c(O)ccc3c(=O)c(-c4ccc(Cl)cc4)coc23)C1. The first-order chi connectivity index (χ1) is 13.0. The van der Waals surface area contributed by atoms with E-state index in [-0.39, 0.29) is 11.2 Å². The highest BCUT2D eigenvalue weighted by Gasteiger charge is 2.21. The number of piperidine rings is 1. The molecule has 0 amide bonds. The van der Waals surface area contributed by atoms with Crippen LogP contribution in [0.1, 0.15) is 25.3 Å². The second kappa shape index (κ2) is 7.37. The lowest BCUT2D eigenvalue weighted by molar-refractivity contribution is 0.175. The fraction of sp³-hybridized carbons (Fsp3) is 0.318. The molecule has 1 aromatic heterocycles. The van der Waals surface area contributed by atoms with Crippen molar-refractivity contribution in [3.63, 3.8) is 0 Å². The summed E-state index contributed by atoms with van der Waals surface area (Å²) < 4.78 is 5.87. The summed E-state index contributed by atoms with van der Waals surface area (Å²) in [6, 6.07) is 10.3. The minimum Gasteiger partial charge on any atom is -0.507 e. The van der Waals surface area contributed by atoms with Gasteiger partial charge in [0.05, 0.1) is 16.5 Å². The summed E-state index contributed by atoms with van der Waals surface area (Å²) in [7, 11) is 0. The molecule has 1 aliphatic rings. The maximum absolute atomic E-state index is 13.0. The monoisotopic (exact) mass is 383 g/mol. The van der Waals surface area contributed by atoms with Gasteiger partial charge in [0.2, 0.25) is 5.43 Å². The molecule has 2 aromatic carbocycles. The van der Waals surface area contributed by atoms with Crippen molar-refractivity contribution in [2.75, 3.05) is 13.1 Å². The number of fused-ring (bicyclic) bond motifs is 1. The molecule has 0 radical (unpaired) electrons. The van der Waals surface area contributed by atoms with E-state index in [2.05, 4.69) is 11.8 Å². The predicted octanol–water partition coefficient (Wildman–Crippen LogP) is 5.05. The van der Waals surface area contributed by atoms with Crippen LogP contribution in [0.25, 0.3) is 22.1 Å². The number of phenolic OH excluding ortho intramolecular Hbond substituents is 1. The van der Waals surface area contributed by atoms with Crippen molar-refractivity contribution < 1.29 is 9.52 Å². The molecule has 1 aliphatic heterocycles. The first-order valence-electron chi connectivity index (χ1n) is 9.27. The molecule has 1 atom stereocenters. The van der Waals surface area contributed by atoms with E-state index in [1.54, 1.807) is 36.4 Å². The van der Waals surface area contributed by atoms with Crippen LogP contribution in [0.15, 0.2) is 51.9 Å². The summed E-state index contributed by atoms with van der Waals surface area (Å²) in [6.45, 7) is 4.81. The maximum Gasteiger partial charge on any atom is 0.200 e. The lowest BCUT2D eigenvalue weighted by Crippen LogP contribution is -2.33. The van der Waals surface area contributed by atoms with Gasteiger partial charge in [-0.2, -0.15) is 0 Å². The first-order valence-corrected chi connectivity index (χ1v) is 9.65. The van der Waals surface area contributed by atoms with E-state index in [4.69, 9.17) is 16.0 Å². The van der Waals surface area contributed by atoms with E-state index in [9.17, 15) is 9.90 Å². The van der Waals surface area contributed by atoms with Crippen molar-refractivity contribution in [2.24, 2.45) is 5.92 Å². The molecule has 1 fully saturated rings. The van der Waals surface area contributed by atoms with E-state index in [0.29, 0.717) is 39.6 Å². The van der Waals surface area contributed by atoms with E-state index >= 15 is 0 Å². The van der Waals surface area contributed by atoms with Crippen molar-refractivity contribution in [1.82, 2.24) is 4.90 Å². The third kappa shape index (κ3) is 3.60. The average Bonchev–Trinajstić information content (AvgIpc) is 2.65. The number of hydrogen-bond acceptors (Lipinski definition) is 4. The van der Waals surface area contributed by atoms with E-state index < -0.39 is 0 Å². The van der Waals surface area contributed by atoms with E-state index in [1.165, 1.54) is 12.7 Å². The van der Waals surface area contributed by atoms with Gasteiger partial charge >= 0.3 is 0 Å². The third-order valence-electron chi connectivity index (χ3n) is 5.30. The Labute approximate surface area is 163 Å². The van der Waals surface area contributed by atoms with Crippen LogP contribution in [0.5, 0.6) is 5.75 Å². The van der Waals surface area contributed by atoms with Crippen LogP contribution in [0, 0.1) is 5.92 Å². The number of nitrogens with zero attached hydrogens (tertiary/aromatic N) is 1. The number of benzene rings is 2. The summed E-state index contributed by atoms with van der Waals surface area (Å²) in [5, 5.41) is 11.5. The van der Waals surface area contributed by atoms with Crippen LogP contribution in [-0.2, 0) is 6.54 Å². The van der Waals surface area contributed by atoms with Crippen LogP contribution in [0.2, 0.25) is 5.02 Å². The highest BCUT2D eigenvalue weighted by Crippen LogP contribution is 2.30. The van der Waals surface area contributed by atoms with Gasteiger partial charge in [-0.15, -0.1) is 0 Å². The molecule has 4 rings (SSSR count). The fourth-order valence-corrected chi connectivity index (χ4v) is 4.01. The van der Waals surface area contributed by atoms with Crippen molar-refractivity contribution >= 4 is 22.6 Å². The molecule has 1 N–H and O–H groups in total. The van der Waals surface area contributed by atoms with Gasteiger partial charge in [0.15, 0.2) is 0 Å². The molecule has 4 nitrogen and oxygen atoms in total. The van der Waals surface area contributed by atoms with Gasteiger partial charge in [0, 0.05) is 18.1 Å². The Morgan fingerprint density at radius 2 is 2.00 bits per heavy atom. The molecule has 27 heavy (non-hydrogen) atoms. The van der Waals surface area contributed by atoms with Gasteiger partial charge in [0.1, 0.15) is 17.6 Å². The molecule has 2 heterocycles. The van der Waals surface area contributed by atoms with Crippen molar-refractivity contribution in [3.8, 4) is 16.9 Å². The van der Waals surface area contributed by atoms with E-state index in [0.717, 1.165) is 25.1 Å². The quantitative estimate of drug-likeness (QED) is 0.687. The zero-order valence-corrected chi connectivity index (χ0v) is 16.0. The first kappa shape index (κ1) is 18.1. The molecule has 0 unspecified atom stereocenters. The standard InChI is InChI=1S/C22H22ClNO3/c1-14-3-2-10-24(11-14)12-18-20(25)9-8-17-21(26)19(13-27-22(17)18)15-4-6-16(23)7-5-15/h4-9,13-14,25H,2-3,10-12H2,1H3/t14-/m1/s1. The second-order valence-corrected chi connectivity index (χ2v) is 7.84. The highest BCUT2D eigenvalue weighted by atomic mass is 35.5. The minimum absolute atomic E-state index is 0.105. The van der Waals surface area contributed by atoms with Crippen LogP contribution in [-0.4, -0.2) is 23.1 Å². The Morgan fingerprint density at radius 1 is 1.22 bits per heavy atom. The summed E-state index contributed by atoms with van der Waals surface area (Å²) in [4.78, 5) is 15.3. The summed E-state index contributed by atoms with van der Waals surface area (Å²) >= 11 is 5.94. The van der Waals surface area contributed by atoms with Crippen LogP contribution in [0.4, 0.5) is 0 Å². The summed E-state index contributed by atoms with van der Waals surface area (Å²) in [5.41, 5.74) is 2.29. The number of likely N-dealkylation sites (tertiary alicyclic amines) is 1. The zero-order chi connectivity index (χ0) is 19.0. The molecule has 0 spiro atoms. The topological polar surface area (TPSA) is 53.7 Å². The summed E-state index contributed by atoms with van der Waals surface area (Å²) in [6.07, 6.45) is 3.87. The van der Waals surface area contributed by atoms with Gasteiger partial charge in [-0.05, 0) is 55.1 Å². The van der Waals surface area contributed by atoms with Crippen molar-refractivity contribution in [2.45, 2.75) is 26.3 Å². The molecule has 3 aromatic rings. The number of rotatable bonds is 3. The molecule has 140 valence electrons. The normalized spacial score (nSPS) is 18.1. The Bertz CT molecular complexity index is 1030. The molecule has 1 saturated heterocycles. The zero-order valence-electron chi connectivity index (χ0n) is 15.2. The van der Waals surface area contributed by atoms with Crippen LogP contribution >= 0.6 is 11.6 Å². The third-order valence-corrected chi connectivity index (χ3v) is 5.55. The van der Waals surface area contributed by atoms with Gasteiger partial charge in [-0.25, -0.2) is 0 Å². The smallest absolute Gasteiger partial charge is 0.200 e. The predicted molar refractivity (Wildman–Crippen MR) is 108 cm³/mol. The Kier molecular flexibility index (Phi) is 4.94. The molecular formula is C22H22ClNO3. The van der Waals surface area contributed by atoms with Crippen molar-refractivity contribution in [1.29, 1.82) is 0 Å². The number of aromatic hydroxyl groups is 1. The minimum atomic E-state index is -0.105. The Morgan fingerprint density at radius 3 is 2.74 bits per heavy atom. The Hall–Kier alpha value is -2.30. The fourth-order valence-electron chi connectivity index (χ4n) is 3.88. The average molecular weight is 384 g/mol. The molecular weight excluding hydrogens is 362 g/mol. The molecule has 0 aliphatic carbocycles. The highest BCUT2D eigenvalue weighted by molar-refractivity contribution is 6.30. The lowest BCUT2D eigenvalue weighted by atomic mass is 9.99. The largest absolute Gasteiger partial charge is 0.507 e. The molecule has 5 heteroatoms. The van der Waals surface area contributed by atoms with Crippen LogP contribution < -0.4 is 5.43 Å². The molecule has 0 bridgehead atoms. The number of hydrogen-bond donors (Lipinski definition) is 1. The van der Waals surface area contributed by atoms with Gasteiger partial charge in [0.25, 0.3) is 0 Å². The van der Waals surface area contributed by atoms with Crippen LogP contribution in [0.3, 0.4) is 0 Å². The molecule has 0 saturated carbocycles.